The van der Waals surface area contributed by atoms with E-state index in [1.54, 1.807) is 0 Å². The van der Waals surface area contributed by atoms with Crippen LogP contribution in [-0.2, 0) is 13.0 Å². The number of aromatic nitrogens is 1. The van der Waals surface area contributed by atoms with Crippen LogP contribution in [0.2, 0.25) is 0 Å². The Morgan fingerprint density at radius 3 is 2.93 bits per heavy atom. The first-order chi connectivity index (χ1) is 6.77. The second-order valence-corrected chi connectivity index (χ2v) is 4.08. The van der Waals surface area contributed by atoms with Crippen molar-refractivity contribution >= 4 is 0 Å². The van der Waals surface area contributed by atoms with Gasteiger partial charge in [0.25, 0.3) is 0 Å². The number of nitrogens with zero attached hydrogens (tertiary/aromatic N) is 1. The minimum absolute atomic E-state index is 0.742. The van der Waals surface area contributed by atoms with Crippen LogP contribution in [0.4, 0.5) is 0 Å². The van der Waals surface area contributed by atoms with Crippen LogP contribution in [-0.4, -0.2) is 11.1 Å². The molecular formula is C12H22N2. The maximum Gasteiger partial charge on any atom is 0.0247 e. The van der Waals surface area contributed by atoms with E-state index in [-0.39, 0.29) is 0 Å². The molecule has 2 nitrogen and oxygen atoms in total. The number of rotatable bonds is 6. The van der Waals surface area contributed by atoms with E-state index in [0.717, 1.165) is 25.4 Å². The van der Waals surface area contributed by atoms with E-state index in [2.05, 4.69) is 36.7 Å². The molecule has 0 aliphatic rings. The molecule has 14 heavy (non-hydrogen) atoms. The largest absolute Gasteiger partial charge is 0.351 e. The average molecular weight is 194 g/mol. The van der Waals surface area contributed by atoms with Crippen molar-refractivity contribution in [3.8, 4) is 0 Å². The Labute approximate surface area is 87.1 Å². The minimum atomic E-state index is 0.742. The van der Waals surface area contributed by atoms with E-state index in [4.69, 9.17) is 5.73 Å². The summed E-state index contributed by atoms with van der Waals surface area (Å²) in [7, 11) is 0. The number of nitrogens with two attached hydrogens (primary N) is 1. The summed E-state index contributed by atoms with van der Waals surface area (Å²) in [5.74, 6) is 0.768. The first-order valence-electron chi connectivity index (χ1n) is 5.62. The lowest BCUT2D eigenvalue weighted by molar-refractivity contribution is 0.439. The molecule has 0 bridgehead atoms. The van der Waals surface area contributed by atoms with E-state index in [1.807, 2.05) is 0 Å². The van der Waals surface area contributed by atoms with Crippen LogP contribution in [0.5, 0.6) is 0 Å². The van der Waals surface area contributed by atoms with Gasteiger partial charge in [-0.3, -0.25) is 0 Å². The van der Waals surface area contributed by atoms with E-state index in [1.165, 1.54) is 18.5 Å². The summed E-state index contributed by atoms with van der Waals surface area (Å²) in [5, 5.41) is 0. The van der Waals surface area contributed by atoms with Crippen LogP contribution >= 0.6 is 0 Å². The molecule has 0 saturated heterocycles. The van der Waals surface area contributed by atoms with Gasteiger partial charge in [-0.15, -0.1) is 0 Å². The molecule has 0 aliphatic heterocycles. The van der Waals surface area contributed by atoms with Crippen LogP contribution in [0.25, 0.3) is 0 Å². The first-order valence-corrected chi connectivity index (χ1v) is 5.62. The predicted molar refractivity (Wildman–Crippen MR) is 61.3 cm³/mol. The Balaban J connectivity index is 2.52. The Hall–Kier alpha value is -0.760. The van der Waals surface area contributed by atoms with Crippen molar-refractivity contribution in [2.75, 3.05) is 6.54 Å². The normalized spacial score (nSPS) is 13.1. The van der Waals surface area contributed by atoms with E-state index >= 15 is 0 Å². The van der Waals surface area contributed by atoms with Gasteiger partial charge in [-0.1, -0.05) is 20.3 Å². The quantitative estimate of drug-likeness (QED) is 0.741. The van der Waals surface area contributed by atoms with Gasteiger partial charge in [-0.05, 0) is 37.4 Å². The van der Waals surface area contributed by atoms with Crippen LogP contribution in [0.15, 0.2) is 18.3 Å². The van der Waals surface area contributed by atoms with Gasteiger partial charge < -0.3 is 10.3 Å². The monoisotopic (exact) mass is 194 g/mol. The lowest BCUT2D eigenvalue weighted by Crippen LogP contribution is -2.12. The third-order valence-electron chi connectivity index (χ3n) is 2.61. The number of hydrogen-bond donors (Lipinski definition) is 1. The smallest absolute Gasteiger partial charge is 0.0247 e. The molecule has 0 spiro atoms. The SMILES string of the molecule is CCCC(C)Cn1cccc1CCN. The standard InChI is InChI=1S/C12H22N2/c1-3-5-11(2)10-14-9-4-6-12(14)7-8-13/h4,6,9,11H,3,5,7-8,10,13H2,1-2H3. The van der Waals surface area contributed by atoms with Gasteiger partial charge >= 0.3 is 0 Å². The fourth-order valence-electron chi connectivity index (χ4n) is 1.92. The zero-order valence-corrected chi connectivity index (χ0v) is 9.37. The highest BCUT2D eigenvalue weighted by molar-refractivity contribution is 5.07. The Kier molecular flexibility index (Phi) is 4.74. The van der Waals surface area contributed by atoms with Crippen LogP contribution in [0.1, 0.15) is 32.4 Å². The summed E-state index contributed by atoms with van der Waals surface area (Å²) in [6.07, 6.45) is 5.73. The topological polar surface area (TPSA) is 30.9 Å². The predicted octanol–water partition coefficient (Wildman–Crippen LogP) is 2.43. The molecule has 1 unspecified atom stereocenters. The molecule has 0 aliphatic carbocycles. The van der Waals surface area contributed by atoms with Crippen molar-refractivity contribution in [3.05, 3.63) is 24.0 Å². The molecule has 1 atom stereocenters. The van der Waals surface area contributed by atoms with Crippen LogP contribution < -0.4 is 5.73 Å². The molecule has 0 radical (unpaired) electrons. The van der Waals surface area contributed by atoms with E-state index < -0.39 is 0 Å². The van der Waals surface area contributed by atoms with Crippen molar-refractivity contribution < 1.29 is 0 Å². The maximum atomic E-state index is 5.56. The third-order valence-corrected chi connectivity index (χ3v) is 2.61. The third kappa shape index (κ3) is 3.18. The summed E-state index contributed by atoms with van der Waals surface area (Å²) < 4.78 is 2.34. The molecule has 80 valence electrons. The fraction of sp³-hybridized carbons (Fsp3) is 0.667. The Morgan fingerprint density at radius 2 is 2.29 bits per heavy atom. The Bertz CT molecular complexity index is 253. The molecule has 0 amide bonds. The second-order valence-electron chi connectivity index (χ2n) is 4.08. The van der Waals surface area contributed by atoms with E-state index in [9.17, 15) is 0 Å². The molecule has 0 aromatic carbocycles. The highest BCUT2D eigenvalue weighted by Crippen LogP contribution is 2.11. The van der Waals surface area contributed by atoms with Gasteiger partial charge in [-0.25, -0.2) is 0 Å². The van der Waals surface area contributed by atoms with Crippen molar-refractivity contribution in [2.24, 2.45) is 11.7 Å². The summed E-state index contributed by atoms with van der Waals surface area (Å²) in [6, 6.07) is 4.29. The molecule has 2 heteroatoms. The fourth-order valence-corrected chi connectivity index (χ4v) is 1.92. The molecule has 0 fully saturated rings. The van der Waals surface area contributed by atoms with Gasteiger partial charge in [0, 0.05) is 18.4 Å². The van der Waals surface area contributed by atoms with Gasteiger partial charge in [-0.2, -0.15) is 0 Å². The van der Waals surface area contributed by atoms with Gasteiger partial charge in [0.2, 0.25) is 0 Å². The molecule has 0 saturated carbocycles. The summed E-state index contributed by atoms with van der Waals surface area (Å²) >= 11 is 0. The van der Waals surface area contributed by atoms with Crippen LogP contribution in [0.3, 0.4) is 0 Å². The van der Waals surface area contributed by atoms with Gasteiger partial charge in [0.05, 0.1) is 0 Å². The minimum Gasteiger partial charge on any atom is -0.351 e. The van der Waals surface area contributed by atoms with Gasteiger partial charge in [0.15, 0.2) is 0 Å². The first kappa shape index (κ1) is 11.3. The van der Waals surface area contributed by atoms with Crippen molar-refractivity contribution in [1.29, 1.82) is 0 Å². The highest BCUT2D eigenvalue weighted by Gasteiger charge is 2.04. The van der Waals surface area contributed by atoms with Crippen molar-refractivity contribution in [3.63, 3.8) is 0 Å². The molecular weight excluding hydrogens is 172 g/mol. The average Bonchev–Trinajstić information content (AvgIpc) is 2.54. The van der Waals surface area contributed by atoms with Crippen molar-refractivity contribution in [2.45, 2.75) is 39.7 Å². The maximum absolute atomic E-state index is 5.56. The summed E-state index contributed by atoms with van der Waals surface area (Å²) in [6.45, 7) is 6.44. The lowest BCUT2D eigenvalue weighted by atomic mass is 10.1. The van der Waals surface area contributed by atoms with Gasteiger partial charge in [0.1, 0.15) is 0 Å². The molecule has 1 aromatic heterocycles. The second kappa shape index (κ2) is 5.86. The molecule has 1 aromatic rings. The summed E-state index contributed by atoms with van der Waals surface area (Å²) in [5.41, 5.74) is 6.94. The zero-order valence-electron chi connectivity index (χ0n) is 9.37. The highest BCUT2D eigenvalue weighted by atomic mass is 15.0. The summed E-state index contributed by atoms with van der Waals surface area (Å²) in [4.78, 5) is 0. The van der Waals surface area contributed by atoms with Crippen LogP contribution in [0, 0.1) is 5.92 Å². The van der Waals surface area contributed by atoms with E-state index in [0.29, 0.717) is 0 Å². The molecule has 1 rings (SSSR count). The number of hydrogen-bond acceptors (Lipinski definition) is 1. The molecule has 2 N–H and O–H groups in total. The van der Waals surface area contributed by atoms with Crippen molar-refractivity contribution in [1.82, 2.24) is 4.57 Å². The zero-order chi connectivity index (χ0) is 10.4. The Morgan fingerprint density at radius 1 is 1.50 bits per heavy atom. The molecule has 1 heterocycles. The lowest BCUT2D eigenvalue weighted by Gasteiger charge is -2.14.